The average molecular weight is 497 g/mol. The highest BCUT2D eigenvalue weighted by molar-refractivity contribution is 5.81. The Bertz CT molecular complexity index is 1870. The molecule has 38 heavy (non-hydrogen) atoms. The van der Waals surface area contributed by atoms with E-state index in [1.807, 2.05) is 55.5 Å². The molecule has 8 heteroatoms. The van der Waals surface area contributed by atoms with Gasteiger partial charge in [-0.1, -0.05) is 60.2 Å². The predicted octanol–water partition coefficient (Wildman–Crippen LogP) is 4.35. The van der Waals surface area contributed by atoms with E-state index in [-0.39, 0.29) is 28.1 Å². The van der Waals surface area contributed by atoms with Crippen LogP contribution in [0.25, 0.3) is 33.8 Å². The SMILES string of the molecule is Cc1ccc(-n2c(N)c(C#N)c(-c3ccc(-n4nc(-c5ccccc5)ccc4=O)cc3)c(C#N)c2=O)cc1. The summed E-state index contributed by atoms with van der Waals surface area (Å²) in [6, 6.07) is 30.2. The Balaban J connectivity index is 1.64. The van der Waals surface area contributed by atoms with Crippen molar-refractivity contribution in [3.63, 3.8) is 0 Å². The first-order valence-electron chi connectivity index (χ1n) is 11.6. The highest BCUT2D eigenvalue weighted by Crippen LogP contribution is 2.31. The van der Waals surface area contributed by atoms with E-state index in [1.54, 1.807) is 42.5 Å². The Kier molecular flexibility index (Phi) is 6.14. The predicted molar refractivity (Wildman–Crippen MR) is 145 cm³/mol. The Morgan fingerprint density at radius 1 is 0.737 bits per heavy atom. The number of aryl methyl sites for hydroxylation is 1. The maximum absolute atomic E-state index is 13.4. The molecule has 2 heterocycles. The fraction of sp³-hybridized carbons (Fsp3) is 0.0333. The zero-order valence-electron chi connectivity index (χ0n) is 20.3. The minimum Gasteiger partial charge on any atom is -0.384 e. The molecule has 0 bridgehead atoms. The molecule has 0 radical (unpaired) electrons. The molecule has 2 N–H and O–H groups in total. The van der Waals surface area contributed by atoms with Crippen molar-refractivity contribution in [2.75, 3.05) is 5.73 Å². The third-order valence-electron chi connectivity index (χ3n) is 6.20. The highest BCUT2D eigenvalue weighted by Gasteiger charge is 2.22. The molecule has 0 aliphatic rings. The lowest BCUT2D eigenvalue weighted by Gasteiger charge is -2.16. The first-order chi connectivity index (χ1) is 18.4. The molecule has 5 rings (SSSR count). The van der Waals surface area contributed by atoms with Crippen molar-refractivity contribution in [2.45, 2.75) is 6.92 Å². The number of nitrogens with zero attached hydrogens (tertiary/aromatic N) is 5. The van der Waals surface area contributed by atoms with E-state index < -0.39 is 5.56 Å². The summed E-state index contributed by atoms with van der Waals surface area (Å²) < 4.78 is 2.44. The number of hydrogen-bond donors (Lipinski definition) is 1. The van der Waals surface area contributed by atoms with Crippen LogP contribution in [0, 0.1) is 29.6 Å². The smallest absolute Gasteiger partial charge is 0.275 e. The Hall–Kier alpha value is -5.73. The molecule has 182 valence electrons. The number of nitriles is 2. The number of anilines is 1. The number of nitrogens with two attached hydrogens (primary N) is 1. The van der Waals surface area contributed by atoms with Gasteiger partial charge in [0.25, 0.3) is 11.1 Å². The first-order valence-corrected chi connectivity index (χ1v) is 11.6. The van der Waals surface area contributed by atoms with Gasteiger partial charge in [0.15, 0.2) is 0 Å². The van der Waals surface area contributed by atoms with Gasteiger partial charge in [0.1, 0.15) is 29.1 Å². The van der Waals surface area contributed by atoms with Crippen LogP contribution in [0.15, 0.2) is 101 Å². The molecule has 0 aliphatic carbocycles. The van der Waals surface area contributed by atoms with E-state index in [1.165, 1.54) is 15.3 Å². The quantitative estimate of drug-likeness (QED) is 0.394. The van der Waals surface area contributed by atoms with E-state index >= 15 is 0 Å². The van der Waals surface area contributed by atoms with Crippen molar-refractivity contribution >= 4 is 5.82 Å². The molecule has 3 aromatic carbocycles. The summed E-state index contributed by atoms with van der Waals surface area (Å²) in [5.74, 6) is -0.0622. The summed E-state index contributed by atoms with van der Waals surface area (Å²) >= 11 is 0. The molecule has 0 unspecified atom stereocenters. The molecule has 0 saturated carbocycles. The van der Waals surface area contributed by atoms with Crippen LogP contribution in [0.2, 0.25) is 0 Å². The number of nitrogen functional groups attached to an aromatic ring is 1. The Labute approximate surface area is 217 Å². The van der Waals surface area contributed by atoms with E-state index in [9.17, 15) is 20.1 Å². The number of benzene rings is 3. The van der Waals surface area contributed by atoms with E-state index in [2.05, 4.69) is 11.2 Å². The van der Waals surface area contributed by atoms with E-state index in [0.717, 1.165) is 11.1 Å². The molecule has 0 aliphatic heterocycles. The lowest BCUT2D eigenvalue weighted by atomic mass is 9.96. The zero-order valence-corrected chi connectivity index (χ0v) is 20.3. The van der Waals surface area contributed by atoms with Crippen LogP contribution in [0.1, 0.15) is 16.7 Å². The summed E-state index contributed by atoms with van der Waals surface area (Å²) in [5, 5.41) is 24.4. The van der Waals surface area contributed by atoms with Gasteiger partial charge in [-0.05, 0) is 42.8 Å². The molecule has 0 amide bonds. The molecular formula is C30H20N6O2. The Morgan fingerprint density at radius 3 is 2.00 bits per heavy atom. The fourth-order valence-corrected chi connectivity index (χ4v) is 4.28. The summed E-state index contributed by atoms with van der Waals surface area (Å²) in [6.07, 6.45) is 0. The second kappa shape index (κ2) is 9.73. The van der Waals surface area contributed by atoms with Crippen LogP contribution in [0.4, 0.5) is 5.82 Å². The summed E-state index contributed by atoms with van der Waals surface area (Å²) in [4.78, 5) is 26.0. The monoisotopic (exact) mass is 496 g/mol. The molecule has 8 nitrogen and oxygen atoms in total. The second-order valence-corrected chi connectivity index (χ2v) is 8.59. The van der Waals surface area contributed by atoms with Crippen molar-refractivity contribution < 1.29 is 0 Å². The summed E-state index contributed by atoms with van der Waals surface area (Å²) in [7, 11) is 0. The van der Waals surface area contributed by atoms with Crippen LogP contribution in [-0.2, 0) is 0 Å². The molecular weight excluding hydrogens is 476 g/mol. The number of hydrogen-bond acceptors (Lipinski definition) is 6. The van der Waals surface area contributed by atoms with Gasteiger partial charge in [-0.2, -0.15) is 20.3 Å². The highest BCUT2D eigenvalue weighted by atomic mass is 16.1. The lowest BCUT2D eigenvalue weighted by Crippen LogP contribution is -2.26. The largest absolute Gasteiger partial charge is 0.384 e. The molecule has 0 spiro atoms. The third-order valence-corrected chi connectivity index (χ3v) is 6.20. The van der Waals surface area contributed by atoms with Gasteiger partial charge in [-0.25, -0.2) is 0 Å². The molecule has 0 fully saturated rings. The van der Waals surface area contributed by atoms with Gasteiger partial charge >= 0.3 is 0 Å². The average Bonchev–Trinajstić information content (AvgIpc) is 2.95. The van der Waals surface area contributed by atoms with E-state index in [0.29, 0.717) is 22.6 Å². The van der Waals surface area contributed by atoms with E-state index in [4.69, 9.17) is 5.73 Å². The lowest BCUT2D eigenvalue weighted by molar-refractivity contribution is 0.812. The van der Waals surface area contributed by atoms with Gasteiger partial charge in [0.2, 0.25) is 0 Å². The topological polar surface area (TPSA) is 130 Å². The minimum absolute atomic E-state index is 0.0100. The zero-order chi connectivity index (χ0) is 26.8. The number of pyridine rings is 1. The van der Waals surface area contributed by atoms with Gasteiger partial charge < -0.3 is 5.73 Å². The van der Waals surface area contributed by atoms with Crippen LogP contribution >= 0.6 is 0 Å². The normalized spacial score (nSPS) is 10.5. The summed E-state index contributed by atoms with van der Waals surface area (Å²) in [6.45, 7) is 1.91. The standard InChI is InChI=1S/C30H20N6O2/c1-19-7-11-22(12-8-19)35-29(33)24(17-31)28(25(18-32)30(35)38)21-9-13-23(14-10-21)36-27(37)16-15-26(34-36)20-5-3-2-4-6-20/h2-16H,33H2,1H3. The number of aromatic nitrogens is 3. The maximum Gasteiger partial charge on any atom is 0.275 e. The van der Waals surface area contributed by atoms with Crippen LogP contribution in [-0.4, -0.2) is 14.3 Å². The molecule has 5 aromatic rings. The number of rotatable bonds is 4. The Morgan fingerprint density at radius 2 is 1.37 bits per heavy atom. The van der Waals surface area contributed by atoms with Crippen molar-refractivity contribution in [3.05, 3.63) is 128 Å². The van der Waals surface area contributed by atoms with Gasteiger partial charge in [-0.15, -0.1) is 0 Å². The van der Waals surface area contributed by atoms with Crippen LogP contribution < -0.4 is 16.9 Å². The maximum atomic E-state index is 13.4. The third kappa shape index (κ3) is 4.13. The molecule has 2 aromatic heterocycles. The van der Waals surface area contributed by atoms with Gasteiger partial charge in [0, 0.05) is 17.2 Å². The van der Waals surface area contributed by atoms with Crippen molar-refractivity contribution in [3.8, 4) is 45.9 Å². The van der Waals surface area contributed by atoms with Crippen molar-refractivity contribution in [1.82, 2.24) is 14.3 Å². The molecule has 0 saturated heterocycles. The van der Waals surface area contributed by atoms with Crippen LogP contribution in [0.3, 0.4) is 0 Å². The minimum atomic E-state index is -0.625. The van der Waals surface area contributed by atoms with Crippen molar-refractivity contribution in [2.24, 2.45) is 0 Å². The van der Waals surface area contributed by atoms with Crippen molar-refractivity contribution in [1.29, 1.82) is 10.5 Å². The molecule has 0 atom stereocenters. The summed E-state index contributed by atoms with van der Waals surface area (Å²) in [5.41, 5.74) is 9.17. The first kappa shape index (κ1) is 24.0. The second-order valence-electron chi connectivity index (χ2n) is 8.59. The van der Waals surface area contributed by atoms with Gasteiger partial charge in [-0.3, -0.25) is 14.2 Å². The van der Waals surface area contributed by atoms with Crippen LogP contribution in [0.5, 0.6) is 0 Å². The fourth-order valence-electron chi connectivity index (χ4n) is 4.28. The van der Waals surface area contributed by atoms with Gasteiger partial charge in [0.05, 0.1) is 17.1 Å².